The Labute approximate surface area is 127 Å². The monoisotopic (exact) mass is 385 g/mol. The highest BCUT2D eigenvalue weighted by Crippen LogP contribution is 2.23. The number of carbonyl (C=O) groups is 1. The SMILES string of the molecule is O=C(Cc1ccc(Br)cc1)Nc1cc(F)ccc1Br. The zero-order valence-electron chi connectivity index (χ0n) is 9.79. The first kappa shape index (κ1) is 14.2. The number of halogens is 3. The van der Waals surface area contributed by atoms with Crippen LogP contribution in [0.15, 0.2) is 51.4 Å². The van der Waals surface area contributed by atoms with Crippen molar-refractivity contribution in [3.8, 4) is 0 Å². The van der Waals surface area contributed by atoms with Crippen LogP contribution in [0.2, 0.25) is 0 Å². The van der Waals surface area contributed by atoms with Crippen LogP contribution in [0.1, 0.15) is 5.56 Å². The molecule has 0 aromatic heterocycles. The summed E-state index contributed by atoms with van der Waals surface area (Å²) < 4.78 is 14.7. The van der Waals surface area contributed by atoms with E-state index in [2.05, 4.69) is 37.2 Å². The van der Waals surface area contributed by atoms with E-state index in [0.717, 1.165) is 10.0 Å². The molecule has 19 heavy (non-hydrogen) atoms. The molecule has 2 rings (SSSR count). The Morgan fingerprint density at radius 2 is 1.79 bits per heavy atom. The normalized spacial score (nSPS) is 10.3. The number of benzene rings is 2. The quantitative estimate of drug-likeness (QED) is 0.824. The standard InChI is InChI=1S/C14H10Br2FNO/c15-10-3-1-9(2-4-10)7-14(19)18-13-8-11(17)5-6-12(13)16/h1-6,8H,7H2,(H,18,19). The van der Waals surface area contributed by atoms with Crippen LogP contribution < -0.4 is 5.32 Å². The molecule has 0 heterocycles. The van der Waals surface area contributed by atoms with Gasteiger partial charge in [0.1, 0.15) is 5.82 Å². The van der Waals surface area contributed by atoms with Crippen LogP contribution in [0.25, 0.3) is 0 Å². The lowest BCUT2D eigenvalue weighted by Gasteiger charge is -2.07. The Morgan fingerprint density at radius 1 is 1.11 bits per heavy atom. The van der Waals surface area contributed by atoms with Gasteiger partial charge in [0, 0.05) is 8.95 Å². The molecular weight excluding hydrogens is 377 g/mol. The Morgan fingerprint density at radius 3 is 2.47 bits per heavy atom. The van der Waals surface area contributed by atoms with Crippen molar-refractivity contribution < 1.29 is 9.18 Å². The summed E-state index contributed by atoms with van der Waals surface area (Å²) in [6.07, 6.45) is 0.246. The fourth-order valence-electron chi connectivity index (χ4n) is 1.58. The van der Waals surface area contributed by atoms with Gasteiger partial charge in [-0.05, 0) is 51.8 Å². The van der Waals surface area contributed by atoms with Crippen molar-refractivity contribution in [2.24, 2.45) is 0 Å². The van der Waals surface area contributed by atoms with Gasteiger partial charge in [-0.15, -0.1) is 0 Å². The lowest BCUT2D eigenvalue weighted by Crippen LogP contribution is -2.14. The maximum Gasteiger partial charge on any atom is 0.228 e. The van der Waals surface area contributed by atoms with Crippen LogP contribution in [-0.4, -0.2) is 5.91 Å². The molecule has 0 fully saturated rings. The number of nitrogens with one attached hydrogen (secondary N) is 1. The smallest absolute Gasteiger partial charge is 0.228 e. The van der Waals surface area contributed by atoms with Gasteiger partial charge in [0.05, 0.1) is 12.1 Å². The van der Waals surface area contributed by atoms with Gasteiger partial charge in [-0.1, -0.05) is 28.1 Å². The van der Waals surface area contributed by atoms with E-state index >= 15 is 0 Å². The van der Waals surface area contributed by atoms with E-state index in [1.165, 1.54) is 12.1 Å². The molecular formula is C14H10Br2FNO. The molecule has 0 aliphatic heterocycles. The highest BCUT2D eigenvalue weighted by molar-refractivity contribution is 9.10. The van der Waals surface area contributed by atoms with Crippen LogP contribution in [-0.2, 0) is 11.2 Å². The Kier molecular flexibility index (Phi) is 4.71. The summed E-state index contributed by atoms with van der Waals surface area (Å²) in [5.74, 6) is -0.573. The molecule has 0 saturated heterocycles. The molecule has 5 heteroatoms. The molecule has 2 aromatic carbocycles. The predicted molar refractivity (Wildman–Crippen MR) is 80.6 cm³/mol. The molecule has 1 N–H and O–H groups in total. The highest BCUT2D eigenvalue weighted by atomic mass is 79.9. The van der Waals surface area contributed by atoms with Crippen LogP contribution in [0, 0.1) is 5.82 Å². The number of amides is 1. The molecule has 2 aromatic rings. The number of carbonyl (C=O) groups excluding carboxylic acids is 1. The lowest BCUT2D eigenvalue weighted by atomic mass is 10.1. The molecule has 0 atom stereocenters. The van der Waals surface area contributed by atoms with E-state index in [0.29, 0.717) is 10.2 Å². The van der Waals surface area contributed by atoms with Gasteiger partial charge in [0.2, 0.25) is 5.91 Å². The van der Waals surface area contributed by atoms with E-state index in [-0.39, 0.29) is 18.1 Å². The zero-order valence-corrected chi connectivity index (χ0v) is 13.0. The third-order valence-electron chi connectivity index (χ3n) is 2.48. The topological polar surface area (TPSA) is 29.1 Å². The number of hydrogen-bond acceptors (Lipinski definition) is 1. The average molecular weight is 387 g/mol. The molecule has 0 saturated carbocycles. The predicted octanol–water partition coefficient (Wildman–Crippen LogP) is 4.53. The fraction of sp³-hybridized carbons (Fsp3) is 0.0714. The fourth-order valence-corrected chi connectivity index (χ4v) is 2.19. The van der Waals surface area contributed by atoms with Crippen molar-refractivity contribution >= 4 is 43.5 Å². The maximum absolute atomic E-state index is 13.1. The van der Waals surface area contributed by atoms with Crippen molar-refractivity contribution in [2.75, 3.05) is 5.32 Å². The van der Waals surface area contributed by atoms with Crippen LogP contribution in [0.5, 0.6) is 0 Å². The molecule has 0 aliphatic carbocycles. The third kappa shape index (κ3) is 4.14. The first-order chi connectivity index (χ1) is 9.04. The van der Waals surface area contributed by atoms with Crippen molar-refractivity contribution in [1.82, 2.24) is 0 Å². The lowest BCUT2D eigenvalue weighted by molar-refractivity contribution is -0.115. The first-order valence-electron chi connectivity index (χ1n) is 5.54. The molecule has 0 radical (unpaired) electrons. The minimum Gasteiger partial charge on any atom is -0.325 e. The van der Waals surface area contributed by atoms with Gasteiger partial charge < -0.3 is 5.32 Å². The van der Waals surface area contributed by atoms with E-state index in [9.17, 15) is 9.18 Å². The van der Waals surface area contributed by atoms with E-state index < -0.39 is 0 Å². The van der Waals surface area contributed by atoms with E-state index in [4.69, 9.17) is 0 Å². The van der Waals surface area contributed by atoms with Gasteiger partial charge in [0.25, 0.3) is 0 Å². The summed E-state index contributed by atoms with van der Waals surface area (Å²) in [4.78, 5) is 11.9. The van der Waals surface area contributed by atoms with Crippen molar-refractivity contribution in [3.05, 3.63) is 62.8 Å². The summed E-state index contributed by atoms with van der Waals surface area (Å²) in [6.45, 7) is 0. The summed E-state index contributed by atoms with van der Waals surface area (Å²) in [6, 6.07) is 11.7. The largest absolute Gasteiger partial charge is 0.325 e. The number of anilines is 1. The van der Waals surface area contributed by atoms with Crippen LogP contribution in [0.3, 0.4) is 0 Å². The van der Waals surface area contributed by atoms with Crippen molar-refractivity contribution in [3.63, 3.8) is 0 Å². The van der Waals surface area contributed by atoms with Gasteiger partial charge in [-0.2, -0.15) is 0 Å². The second-order valence-corrected chi connectivity index (χ2v) is 5.75. The van der Waals surface area contributed by atoms with Gasteiger partial charge in [-0.25, -0.2) is 4.39 Å². The minimum atomic E-state index is -0.387. The third-order valence-corrected chi connectivity index (χ3v) is 3.70. The molecule has 0 spiro atoms. The van der Waals surface area contributed by atoms with E-state index in [1.54, 1.807) is 6.07 Å². The molecule has 0 bridgehead atoms. The maximum atomic E-state index is 13.1. The summed E-state index contributed by atoms with van der Waals surface area (Å²) in [5.41, 5.74) is 1.33. The zero-order chi connectivity index (χ0) is 13.8. The van der Waals surface area contributed by atoms with Crippen molar-refractivity contribution in [1.29, 1.82) is 0 Å². The second-order valence-electron chi connectivity index (χ2n) is 3.98. The molecule has 0 aliphatic rings. The molecule has 2 nitrogen and oxygen atoms in total. The van der Waals surface area contributed by atoms with Gasteiger partial charge in [-0.3, -0.25) is 4.79 Å². The average Bonchev–Trinajstić information content (AvgIpc) is 2.37. The molecule has 98 valence electrons. The Bertz CT molecular complexity index is 599. The summed E-state index contributed by atoms with van der Waals surface area (Å²) in [5, 5.41) is 2.68. The minimum absolute atomic E-state index is 0.186. The van der Waals surface area contributed by atoms with E-state index in [1.807, 2.05) is 24.3 Å². The van der Waals surface area contributed by atoms with Gasteiger partial charge >= 0.3 is 0 Å². The number of rotatable bonds is 3. The summed E-state index contributed by atoms with van der Waals surface area (Å²) in [7, 11) is 0. The molecule has 1 amide bonds. The van der Waals surface area contributed by atoms with Crippen LogP contribution >= 0.6 is 31.9 Å². The Balaban J connectivity index is 2.05. The Hall–Kier alpha value is -1.20. The molecule has 0 unspecified atom stereocenters. The second kappa shape index (κ2) is 6.30. The van der Waals surface area contributed by atoms with Crippen molar-refractivity contribution in [2.45, 2.75) is 6.42 Å². The number of hydrogen-bond donors (Lipinski definition) is 1. The van der Waals surface area contributed by atoms with Crippen LogP contribution in [0.4, 0.5) is 10.1 Å². The van der Waals surface area contributed by atoms with Gasteiger partial charge in [0.15, 0.2) is 0 Å². The highest BCUT2D eigenvalue weighted by Gasteiger charge is 2.07. The summed E-state index contributed by atoms with van der Waals surface area (Å²) >= 11 is 6.60. The first-order valence-corrected chi connectivity index (χ1v) is 7.12.